The van der Waals surface area contributed by atoms with Crippen LogP contribution >= 0.6 is 11.3 Å². The van der Waals surface area contributed by atoms with E-state index in [0.717, 1.165) is 17.7 Å². The molecule has 0 radical (unpaired) electrons. The Labute approximate surface area is 107 Å². The van der Waals surface area contributed by atoms with Crippen molar-refractivity contribution in [3.05, 3.63) is 16.6 Å². The summed E-state index contributed by atoms with van der Waals surface area (Å²) >= 11 is 1.59. The first-order valence-corrected chi connectivity index (χ1v) is 6.96. The van der Waals surface area contributed by atoms with Crippen LogP contribution in [0, 0.1) is 0 Å². The van der Waals surface area contributed by atoms with Crippen molar-refractivity contribution in [1.82, 2.24) is 15.6 Å². The van der Waals surface area contributed by atoms with Crippen LogP contribution in [0.4, 0.5) is 0 Å². The molecular weight excluding hydrogens is 234 g/mol. The molecule has 5 heteroatoms. The number of amides is 1. The lowest BCUT2D eigenvalue weighted by Crippen LogP contribution is -2.45. The van der Waals surface area contributed by atoms with Crippen molar-refractivity contribution < 1.29 is 4.79 Å². The second kappa shape index (κ2) is 7.40. The zero-order chi connectivity index (χ0) is 12.7. The van der Waals surface area contributed by atoms with Crippen LogP contribution in [0.2, 0.25) is 0 Å². The highest BCUT2D eigenvalue weighted by atomic mass is 32.1. The number of thiazole rings is 1. The maximum absolute atomic E-state index is 11.8. The molecule has 1 aromatic heterocycles. The average molecular weight is 255 g/mol. The van der Waals surface area contributed by atoms with Crippen LogP contribution in [-0.4, -0.2) is 23.0 Å². The quantitative estimate of drug-likeness (QED) is 0.782. The Hall–Kier alpha value is -0.940. The SMILES string of the molecule is CCC(CC)NC(=O)C(C)NCc1cncs1. The van der Waals surface area contributed by atoms with E-state index in [4.69, 9.17) is 0 Å². The van der Waals surface area contributed by atoms with Gasteiger partial charge in [0.15, 0.2) is 0 Å². The third-order valence-corrected chi connectivity index (χ3v) is 3.57. The van der Waals surface area contributed by atoms with E-state index in [-0.39, 0.29) is 18.0 Å². The van der Waals surface area contributed by atoms with Gasteiger partial charge in [-0.05, 0) is 19.8 Å². The van der Waals surface area contributed by atoms with Crippen molar-refractivity contribution in [2.45, 2.75) is 52.2 Å². The summed E-state index contributed by atoms with van der Waals surface area (Å²) in [6.45, 7) is 6.76. The van der Waals surface area contributed by atoms with Gasteiger partial charge < -0.3 is 10.6 Å². The molecule has 0 aliphatic rings. The Bertz CT molecular complexity index is 323. The Morgan fingerprint density at radius 2 is 2.18 bits per heavy atom. The Morgan fingerprint density at radius 1 is 1.47 bits per heavy atom. The molecule has 1 amide bonds. The zero-order valence-electron chi connectivity index (χ0n) is 10.7. The van der Waals surface area contributed by atoms with Crippen LogP contribution in [0.25, 0.3) is 0 Å². The van der Waals surface area contributed by atoms with E-state index in [1.165, 1.54) is 0 Å². The molecule has 1 rings (SSSR count). The van der Waals surface area contributed by atoms with Gasteiger partial charge in [0.2, 0.25) is 5.91 Å². The van der Waals surface area contributed by atoms with Crippen LogP contribution in [0.5, 0.6) is 0 Å². The molecule has 17 heavy (non-hydrogen) atoms. The Balaban J connectivity index is 2.31. The van der Waals surface area contributed by atoms with E-state index in [1.54, 1.807) is 16.8 Å². The predicted molar refractivity (Wildman–Crippen MR) is 70.9 cm³/mol. The molecule has 1 atom stereocenters. The number of aromatic nitrogens is 1. The number of hydrogen-bond donors (Lipinski definition) is 2. The minimum absolute atomic E-state index is 0.0724. The number of hydrogen-bond acceptors (Lipinski definition) is 4. The van der Waals surface area contributed by atoms with Gasteiger partial charge in [-0.1, -0.05) is 13.8 Å². The number of nitrogens with one attached hydrogen (secondary N) is 2. The van der Waals surface area contributed by atoms with Gasteiger partial charge in [-0.15, -0.1) is 11.3 Å². The smallest absolute Gasteiger partial charge is 0.237 e. The highest BCUT2D eigenvalue weighted by molar-refractivity contribution is 7.09. The van der Waals surface area contributed by atoms with Crippen molar-refractivity contribution in [3.63, 3.8) is 0 Å². The van der Waals surface area contributed by atoms with E-state index >= 15 is 0 Å². The first-order chi connectivity index (χ1) is 8.17. The summed E-state index contributed by atoms with van der Waals surface area (Å²) < 4.78 is 0. The molecule has 2 N–H and O–H groups in total. The highest BCUT2D eigenvalue weighted by Crippen LogP contribution is 2.05. The van der Waals surface area contributed by atoms with E-state index in [9.17, 15) is 4.79 Å². The molecule has 0 aromatic carbocycles. The maximum Gasteiger partial charge on any atom is 0.237 e. The van der Waals surface area contributed by atoms with Gasteiger partial charge >= 0.3 is 0 Å². The molecule has 0 fully saturated rings. The summed E-state index contributed by atoms with van der Waals surface area (Å²) in [5.41, 5.74) is 1.80. The predicted octanol–water partition coefficient (Wildman–Crippen LogP) is 1.93. The van der Waals surface area contributed by atoms with Crippen molar-refractivity contribution in [2.24, 2.45) is 0 Å². The summed E-state index contributed by atoms with van der Waals surface area (Å²) in [5, 5.41) is 6.23. The standard InChI is InChI=1S/C12H21N3OS/c1-4-10(5-2)15-12(16)9(3)14-7-11-6-13-8-17-11/h6,8-10,14H,4-5,7H2,1-3H3,(H,15,16). The summed E-state index contributed by atoms with van der Waals surface area (Å²) in [6.07, 6.45) is 3.77. The van der Waals surface area contributed by atoms with E-state index in [1.807, 2.05) is 13.1 Å². The lowest BCUT2D eigenvalue weighted by Gasteiger charge is -2.19. The molecule has 0 saturated carbocycles. The van der Waals surface area contributed by atoms with Gasteiger partial charge in [-0.25, -0.2) is 0 Å². The summed E-state index contributed by atoms with van der Waals surface area (Å²) in [5.74, 6) is 0.0724. The average Bonchev–Trinajstić information content (AvgIpc) is 2.85. The molecule has 1 heterocycles. The molecule has 0 spiro atoms. The highest BCUT2D eigenvalue weighted by Gasteiger charge is 2.15. The molecule has 0 bridgehead atoms. The Morgan fingerprint density at radius 3 is 2.71 bits per heavy atom. The fourth-order valence-corrected chi connectivity index (χ4v) is 2.04. The maximum atomic E-state index is 11.8. The van der Waals surface area contributed by atoms with E-state index in [2.05, 4.69) is 29.5 Å². The van der Waals surface area contributed by atoms with Crippen molar-refractivity contribution >= 4 is 17.2 Å². The molecule has 1 aromatic rings. The summed E-state index contributed by atoms with van der Waals surface area (Å²) in [4.78, 5) is 17.0. The molecular formula is C12H21N3OS. The van der Waals surface area contributed by atoms with Crippen LogP contribution < -0.4 is 10.6 Å². The number of nitrogens with zero attached hydrogens (tertiary/aromatic N) is 1. The first kappa shape index (κ1) is 14.1. The first-order valence-electron chi connectivity index (χ1n) is 6.08. The van der Waals surface area contributed by atoms with E-state index < -0.39 is 0 Å². The van der Waals surface area contributed by atoms with Crippen molar-refractivity contribution in [2.75, 3.05) is 0 Å². The van der Waals surface area contributed by atoms with Gasteiger partial charge in [-0.2, -0.15) is 0 Å². The van der Waals surface area contributed by atoms with Gasteiger partial charge in [0.1, 0.15) is 0 Å². The molecule has 0 saturated heterocycles. The second-order valence-electron chi connectivity index (χ2n) is 4.09. The van der Waals surface area contributed by atoms with Gasteiger partial charge in [-0.3, -0.25) is 9.78 Å². The van der Waals surface area contributed by atoms with Crippen molar-refractivity contribution in [3.8, 4) is 0 Å². The number of carbonyl (C=O) groups excluding carboxylic acids is 1. The van der Waals surface area contributed by atoms with Crippen LogP contribution in [0.3, 0.4) is 0 Å². The molecule has 0 aliphatic carbocycles. The normalized spacial score (nSPS) is 12.7. The van der Waals surface area contributed by atoms with Crippen LogP contribution in [-0.2, 0) is 11.3 Å². The molecule has 4 nitrogen and oxygen atoms in total. The third kappa shape index (κ3) is 4.83. The minimum Gasteiger partial charge on any atom is -0.352 e. The lowest BCUT2D eigenvalue weighted by atomic mass is 10.1. The fraction of sp³-hybridized carbons (Fsp3) is 0.667. The number of rotatable bonds is 7. The van der Waals surface area contributed by atoms with Gasteiger partial charge in [0.25, 0.3) is 0 Å². The molecule has 96 valence electrons. The topological polar surface area (TPSA) is 54.0 Å². The van der Waals surface area contributed by atoms with Crippen LogP contribution in [0.15, 0.2) is 11.7 Å². The Kier molecular flexibility index (Phi) is 6.15. The fourth-order valence-electron chi connectivity index (χ4n) is 1.49. The lowest BCUT2D eigenvalue weighted by molar-refractivity contribution is -0.123. The summed E-state index contributed by atoms with van der Waals surface area (Å²) in [7, 11) is 0. The van der Waals surface area contributed by atoms with Crippen molar-refractivity contribution in [1.29, 1.82) is 0 Å². The zero-order valence-corrected chi connectivity index (χ0v) is 11.5. The number of carbonyl (C=O) groups is 1. The monoisotopic (exact) mass is 255 g/mol. The van der Waals surface area contributed by atoms with Gasteiger partial charge in [0.05, 0.1) is 11.6 Å². The van der Waals surface area contributed by atoms with E-state index in [0.29, 0.717) is 6.54 Å². The second-order valence-corrected chi connectivity index (χ2v) is 5.06. The molecule has 1 unspecified atom stereocenters. The largest absolute Gasteiger partial charge is 0.352 e. The molecule has 0 aliphatic heterocycles. The summed E-state index contributed by atoms with van der Waals surface area (Å²) in [6, 6.07) is 0.118. The minimum atomic E-state index is -0.169. The van der Waals surface area contributed by atoms with Crippen LogP contribution in [0.1, 0.15) is 38.5 Å². The third-order valence-electron chi connectivity index (χ3n) is 2.79. The van der Waals surface area contributed by atoms with Gasteiger partial charge in [0, 0.05) is 23.7 Å².